The average molecular weight is 252 g/mol. The van der Waals surface area contributed by atoms with Crippen molar-refractivity contribution in [2.24, 2.45) is 0 Å². The van der Waals surface area contributed by atoms with Crippen LogP contribution in [0.25, 0.3) is 0 Å². The molecule has 5 heteroatoms. The zero-order valence-electron chi connectivity index (χ0n) is 11.0. The van der Waals surface area contributed by atoms with Crippen LogP contribution in [0.1, 0.15) is 11.7 Å². The lowest BCUT2D eigenvalue weighted by atomic mass is 10.1. The van der Waals surface area contributed by atoms with Gasteiger partial charge in [-0.25, -0.2) is 0 Å². The van der Waals surface area contributed by atoms with Crippen molar-refractivity contribution in [3.8, 4) is 0 Å². The summed E-state index contributed by atoms with van der Waals surface area (Å²) in [5, 5.41) is 0. The second-order valence-corrected chi connectivity index (χ2v) is 4.70. The summed E-state index contributed by atoms with van der Waals surface area (Å²) in [5.74, 6) is 0.123. The van der Waals surface area contributed by atoms with Crippen LogP contribution in [0.15, 0.2) is 22.8 Å². The minimum Gasteiger partial charge on any atom is -0.468 e. The Bertz CT molecular complexity index is 370. The first-order chi connectivity index (χ1) is 8.70. The highest BCUT2D eigenvalue weighted by atomic mass is 16.5. The molecule has 1 aromatic rings. The summed E-state index contributed by atoms with van der Waals surface area (Å²) in [4.78, 5) is 16.4. The van der Waals surface area contributed by atoms with E-state index in [0.717, 1.165) is 26.2 Å². The average Bonchev–Trinajstić information content (AvgIpc) is 2.91. The van der Waals surface area contributed by atoms with Crippen LogP contribution in [-0.2, 0) is 9.53 Å². The lowest BCUT2D eigenvalue weighted by Crippen LogP contribution is -2.46. The normalized spacial score (nSPS) is 19.7. The molecule has 1 aliphatic heterocycles. The first kappa shape index (κ1) is 13.1. The lowest BCUT2D eigenvalue weighted by molar-refractivity contribution is -0.143. The quantitative estimate of drug-likeness (QED) is 0.741. The molecule has 1 fully saturated rings. The second kappa shape index (κ2) is 6.02. The van der Waals surface area contributed by atoms with Crippen molar-refractivity contribution in [1.29, 1.82) is 0 Å². The number of ether oxygens (including phenoxy) is 1. The van der Waals surface area contributed by atoms with Crippen LogP contribution < -0.4 is 0 Å². The van der Waals surface area contributed by atoms with Gasteiger partial charge in [-0.1, -0.05) is 0 Å². The van der Waals surface area contributed by atoms with Crippen LogP contribution in [0.5, 0.6) is 0 Å². The Morgan fingerprint density at radius 2 is 2.17 bits per heavy atom. The van der Waals surface area contributed by atoms with Gasteiger partial charge in [-0.15, -0.1) is 0 Å². The van der Waals surface area contributed by atoms with Gasteiger partial charge in [-0.2, -0.15) is 0 Å². The van der Waals surface area contributed by atoms with E-state index in [2.05, 4.69) is 16.8 Å². The number of carbonyl (C=O) groups is 1. The molecular weight excluding hydrogens is 232 g/mol. The van der Waals surface area contributed by atoms with Gasteiger partial charge in [0.15, 0.2) is 0 Å². The number of piperazine rings is 1. The number of hydrogen-bond acceptors (Lipinski definition) is 5. The van der Waals surface area contributed by atoms with Crippen molar-refractivity contribution in [1.82, 2.24) is 9.80 Å². The molecular formula is C13H20N2O3. The van der Waals surface area contributed by atoms with Gasteiger partial charge in [0.1, 0.15) is 11.7 Å². The molecule has 0 N–H and O–H groups in total. The summed E-state index contributed by atoms with van der Waals surface area (Å²) in [6, 6.07) is 3.63. The van der Waals surface area contributed by atoms with E-state index in [0.29, 0.717) is 12.3 Å². The van der Waals surface area contributed by atoms with E-state index in [1.54, 1.807) is 12.3 Å². The molecule has 0 radical (unpaired) electrons. The maximum Gasteiger partial charge on any atom is 0.317 e. The maximum absolute atomic E-state index is 11.8. The maximum atomic E-state index is 11.8. The standard InChI is InChI=1S/C13H20N2O3/c1-14-5-7-15(8-6-14)10-11(13(16)17-2)12-4-3-9-18-12/h3-4,9,11H,5-8,10H2,1-2H3. The van der Waals surface area contributed by atoms with Gasteiger partial charge in [-0.05, 0) is 19.2 Å². The Morgan fingerprint density at radius 1 is 1.44 bits per heavy atom. The molecule has 0 bridgehead atoms. The Hall–Kier alpha value is -1.33. The molecule has 5 nitrogen and oxygen atoms in total. The minimum absolute atomic E-state index is 0.233. The van der Waals surface area contributed by atoms with Gasteiger partial charge in [0.05, 0.1) is 13.4 Å². The number of nitrogens with zero attached hydrogens (tertiary/aromatic N) is 2. The van der Waals surface area contributed by atoms with Gasteiger partial charge in [0.25, 0.3) is 0 Å². The van der Waals surface area contributed by atoms with Crippen molar-refractivity contribution >= 4 is 5.97 Å². The molecule has 1 unspecified atom stereocenters. The van der Waals surface area contributed by atoms with Gasteiger partial charge < -0.3 is 14.1 Å². The molecule has 1 aliphatic rings. The highest BCUT2D eigenvalue weighted by molar-refractivity contribution is 5.77. The molecule has 0 amide bonds. The highest BCUT2D eigenvalue weighted by Crippen LogP contribution is 2.20. The van der Waals surface area contributed by atoms with E-state index in [-0.39, 0.29) is 11.9 Å². The zero-order chi connectivity index (χ0) is 13.0. The predicted octanol–water partition coefficient (Wildman–Crippen LogP) is 0.784. The number of rotatable bonds is 4. The van der Waals surface area contributed by atoms with Gasteiger partial charge in [0, 0.05) is 32.7 Å². The van der Waals surface area contributed by atoms with Gasteiger partial charge >= 0.3 is 5.97 Å². The summed E-state index contributed by atoms with van der Waals surface area (Å²) in [5.41, 5.74) is 0. The van der Waals surface area contributed by atoms with Crippen molar-refractivity contribution in [2.75, 3.05) is 46.9 Å². The monoisotopic (exact) mass is 252 g/mol. The molecule has 1 saturated heterocycles. The largest absolute Gasteiger partial charge is 0.468 e. The van der Waals surface area contributed by atoms with Crippen molar-refractivity contribution in [3.63, 3.8) is 0 Å². The fraction of sp³-hybridized carbons (Fsp3) is 0.615. The first-order valence-corrected chi connectivity index (χ1v) is 6.23. The number of likely N-dealkylation sites (N-methyl/N-ethyl adjacent to an activating group) is 1. The number of carbonyl (C=O) groups excluding carboxylic acids is 1. The fourth-order valence-electron chi connectivity index (χ4n) is 2.20. The molecule has 0 spiro atoms. The third kappa shape index (κ3) is 3.11. The Labute approximate surface area is 107 Å². The third-order valence-electron chi connectivity index (χ3n) is 3.41. The van der Waals surface area contributed by atoms with E-state index < -0.39 is 0 Å². The molecule has 1 atom stereocenters. The number of hydrogen-bond donors (Lipinski definition) is 0. The Morgan fingerprint density at radius 3 is 2.72 bits per heavy atom. The number of methoxy groups -OCH3 is 1. The second-order valence-electron chi connectivity index (χ2n) is 4.70. The summed E-state index contributed by atoms with van der Waals surface area (Å²) >= 11 is 0. The topological polar surface area (TPSA) is 45.9 Å². The summed E-state index contributed by atoms with van der Waals surface area (Å²) in [6.07, 6.45) is 1.59. The lowest BCUT2D eigenvalue weighted by Gasteiger charge is -2.33. The first-order valence-electron chi connectivity index (χ1n) is 6.23. The van der Waals surface area contributed by atoms with Crippen molar-refractivity contribution in [3.05, 3.63) is 24.2 Å². The van der Waals surface area contributed by atoms with E-state index in [1.807, 2.05) is 6.07 Å². The molecule has 1 aromatic heterocycles. The number of esters is 1. The summed E-state index contributed by atoms with van der Waals surface area (Å²) < 4.78 is 10.2. The molecule has 18 heavy (non-hydrogen) atoms. The summed E-state index contributed by atoms with van der Waals surface area (Å²) in [6.45, 7) is 4.68. The van der Waals surface area contributed by atoms with Gasteiger partial charge in [0.2, 0.25) is 0 Å². The van der Waals surface area contributed by atoms with Crippen LogP contribution in [0.3, 0.4) is 0 Å². The van der Waals surface area contributed by atoms with Gasteiger partial charge in [-0.3, -0.25) is 9.69 Å². The molecule has 2 heterocycles. The predicted molar refractivity (Wildman–Crippen MR) is 67.4 cm³/mol. The fourth-order valence-corrected chi connectivity index (χ4v) is 2.20. The SMILES string of the molecule is COC(=O)C(CN1CCN(C)CC1)c1ccco1. The smallest absolute Gasteiger partial charge is 0.317 e. The van der Waals surface area contributed by atoms with E-state index in [1.165, 1.54) is 7.11 Å². The molecule has 0 aliphatic carbocycles. The van der Waals surface area contributed by atoms with Crippen LogP contribution in [-0.4, -0.2) is 62.7 Å². The van der Waals surface area contributed by atoms with Crippen LogP contribution >= 0.6 is 0 Å². The third-order valence-corrected chi connectivity index (χ3v) is 3.41. The van der Waals surface area contributed by atoms with E-state index >= 15 is 0 Å². The van der Waals surface area contributed by atoms with E-state index in [4.69, 9.17) is 9.15 Å². The number of furan rings is 1. The summed E-state index contributed by atoms with van der Waals surface area (Å²) in [7, 11) is 3.53. The van der Waals surface area contributed by atoms with E-state index in [9.17, 15) is 4.79 Å². The van der Waals surface area contributed by atoms with Crippen LogP contribution in [0.2, 0.25) is 0 Å². The highest BCUT2D eigenvalue weighted by Gasteiger charge is 2.27. The molecule has 0 aromatic carbocycles. The molecule has 100 valence electrons. The minimum atomic E-state index is -0.326. The zero-order valence-corrected chi connectivity index (χ0v) is 11.0. The Kier molecular flexibility index (Phi) is 4.38. The van der Waals surface area contributed by atoms with Crippen LogP contribution in [0, 0.1) is 0 Å². The van der Waals surface area contributed by atoms with Crippen molar-refractivity contribution < 1.29 is 13.9 Å². The molecule has 2 rings (SSSR count). The molecule has 0 saturated carbocycles. The van der Waals surface area contributed by atoms with Crippen LogP contribution in [0.4, 0.5) is 0 Å². The Balaban J connectivity index is 2.00. The van der Waals surface area contributed by atoms with Crippen molar-refractivity contribution in [2.45, 2.75) is 5.92 Å².